The molecule has 0 saturated heterocycles. The normalized spacial score (nSPS) is 20.6. The molecule has 0 bridgehead atoms. The summed E-state index contributed by atoms with van der Waals surface area (Å²) in [5, 5.41) is 3.50. The van der Waals surface area contributed by atoms with Gasteiger partial charge in [-0.3, -0.25) is 9.69 Å². The molecule has 6 heteroatoms. The standard InChI is InChI=1S/C18H20ClN3O2/c1-4-8-21-14-10-22(11(2)3)17(23)15(14)16(20-18(21)24)12-6-5-7-13(19)9-12/h4-7,9,11,16H,1,8,10H2,2-3H3,(H,20,24)/t16-/m1/s1. The van der Waals surface area contributed by atoms with Crippen LogP contribution < -0.4 is 5.32 Å². The Hall–Kier alpha value is -2.27. The Morgan fingerprint density at radius 3 is 2.79 bits per heavy atom. The molecular formula is C18H20ClN3O2. The molecule has 3 amide bonds. The number of carbonyl (C=O) groups is 2. The van der Waals surface area contributed by atoms with Crippen LogP contribution in [0.3, 0.4) is 0 Å². The summed E-state index contributed by atoms with van der Waals surface area (Å²) in [5.41, 5.74) is 2.18. The first-order valence-corrected chi connectivity index (χ1v) is 8.30. The van der Waals surface area contributed by atoms with Gasteiger partial charge in [0.15, 0.2) is 0 Å². The first kappa shape index (κ1) is 16.6. The molecule has 1 aromatic carbocycles. The second-order valence-electron chi connectivity index (χ2n) is 6.22. The molecule has 5 nitrogen and oxygen atoms in total. The van der Waals surface area contributed by atoms with Gasteiger partial charge in [0.2, 0.25) is 0 Å². The second-order valence-corrected chi connectivity index (χ2v) is 6.66. The van der Waals surface area contributed by atoms with Gasteiger partial charge in [0.1, 0.15) is 0 Å². The van der Waals surface area contributed by atoms with Crippen LogP contribution in [0.5, 0.6) is 0 Å². The fourth-order valence-corrected chi connectivity index (χ4v) is 3.39. The summed E-state index contributed by atoms with van der Waals surface area (Å²) >= 11 is 6.09. The van der Waals surface area contributed by atoms with Crippen LogP contribution in [0, 0.1) is 0 Å². The summed E-state index contributed by atoms with van der Waals surface area (Å²) < 4.78 is 0. The molecule has 2 aliphatic rings. The monoisotopic (exact) mass is 345 g/mol. The number of rotatable bonds is 4. The molecule has 0 spiro atoms. The van der Waals surface area contributed by atoms with Gasteiger partial charge in [0, 0.05) is 17.6 Å². The lowest BCUT2D eigenvalue weighted by Gasteiger charge is -2.33. The number of nitrogens with zero attached hydrogens (tertiary/aromatic N) is 2. The summed E-state index contributed by atoms with van der Waals surface area (Å²) in [4.78, 5) is 28.8. The number of urea groups is 1. The molecule has 24 heavy (non-hydrogen) atoms. The SMILES string of the molecule is C=CCN1C(=O)N[C@H](c2cccc(Cl)c2)C2=C1CN(C(C)C)C2=O. The average molecular weight is 346 g/mol. The van der Waals surface area contributed by atoms with E-state index in [0.717, 1.165) is 11.3 Å². The number of hydrogen-bond donors (Lipinski definition) is 1. The zero-order valence-electron chi connectivity index (χ0n) is 13.8. The van der Waals surface area contributed by atoms with E-state index < -0.39 is 6.04 Å². The molecule has 0 radical (unpaired) electrons. The van der Waals surface area contributed by atoms with Gasteiger partial charge < -0.3 is 10.2 Å². The fourth-order valence-electron chi connectivity index (χ4n) is 3.19. The summed E-state index contributed by atoms with van der Waals surface area (Å²) in [6.07, 6.45) is 1.66. The number of carbonyl (C=O) groups excluding carboxylic acids is 2. The Balaban J connectivity index is 2.09. The van der Waals surface area contributed by atoms with E-state index in [-0.39, 0.29) is 18.0 Å². The molecule has 0 unspecified atom stereocenters. The largest absolute Gasteiger partial charge is 0.331 e. The van der Waals surface area contributed by atoms with E-state index in [4.69, 9.17) is 11.6 Å². The van der Waals surface area contributed by atoms with Crippen LogP contribution in [0.2, 0.25) is 5.02 Å². The second kappa shape index (κ2) is 6.32. The van der Waals surface area contributed by atoms with Crippen molar-refractivity contribution in [2.75, 3.05) is 13.1 Å². The lowest BCUT2D eigenvalue weighted by atomic mass is 9.95. The van der Waals surface area contributed by atoms with E-state index in [9.17, 15) is 9.59 Å². The Morgan fingerprint density at radius 1 is 1.42 bits per heavy atom. The predicted octanol–water partition coefficient (Wildman–Crippen LogP) is 3.10. The van der Waals surface area contributed by atoms with Crippen molar-refractivity contribution in [3.05, 3.63) is 58.8 Å². The predicted molar refractivity (Wildman–Crippen MR) is 93.5 cm³/mol. The van der Waals surface area contributed by atoms with Crippen molar-refractivity contribution < 1.29 is 9.59 Å². The van der Waals surface area contributed by atoms with E-state index in [1.165, 1.54) is 0 Å². The van der Waals surface area contributed by atoms with Crippen molar-refractivity contribution in [3.8, 4) is 0 Å². The van der Waals surface area contributed by atoms with Gasteiger partial charge in [0.05, 0.1) is 23.9 Å². The first-order chi connectivity index (χ1) is 11.4. The molecule has 0 fully saturated rings. The van der Waals surface area contributed by atoms with Gasteiger partial charge in [-0.1, -0.05) is 29.8 Å². The molecule has 1 N–H and O–H groups in total. The Bertz CT molecular complexity index is 742. The highest BCUT2D eigenvalue weighted by Crippen LogP contribution is 2.37. The molecule has 2 heterocycles. The van der Waals surface area contributed by atoms with Crippen LogP contribution in [0.1, 0.15) is 25.5 Å². The Kier molecular flexibility index (Phi) is 4.37. The zero-order valence-corrected chi connectivity index (χ0v) is 14.5. The van der Waals surface area contributed by atoms with E-state index in [0.29, 0.717) is 23.7 Å². The number of halogens is 1. The molecule has 0 aromatic heterocycles. The van der Waals surface area contributed by atoms with Crippen molar-refractivity contribution in [3.63, 3.8) is 0 Å². The van der Waals surface area contributed by atoms with Crippen LogP contribution >= 0.6 is 11.6 Å². The Labute approximate surface area is 146 Å². The molecule has 2 aliphatic heterocycles. The highest BCUT2D eigenvalue weighted by Gasteiger charge is 2.44. The summed E-state index contributed by atoms with van der Waals surface area (Å²) in [7, 11) is 0. The summed E-state index contributed by atoms with van der Waals surface area (Å²) in [5.74, 6) is -0.0426. The van der Waals surface area contributed by atoms with E-state index in [2.05, 4.69) is 11.9 Å². The highest BCUT2D eigenvalue weighted by molar-refractivity contribution is 6.30. The van der Waals surface area contributed by atoms with E-state index in [1.807, 2.05) is 26.0 Å². The van der Waals surface area contributed by atoms with Gasteiger partial charge in [-0.05, 0) is 31.5 Å². The van der Waals surface area contributed by atoms with Gasteiger partial charge in [-0.25, -0.2) is 4.79 Å². The van der Waals surface area contributed by atoms with Crippen LogP contribution in [-0.2, 0) is 4.79 Å². The molecule has 0 saturated carbocycles. The van der Waals surface area contributed by atoms with Crippen molar-refractivity contribution in [1.82, 2.24) is 15.1 Å². The lowest BCUT2D eigenvalue weighted by molar-refractivity contribution is -0.127. The van der Waals surface area contributed by atoms with Gasteiger partial charge in [-0.15, -0.1) is 6.58 Å². The number of benzene rings is 1. The molecule has 3 rings (SSSR count). The number of amides is 3. The Morgan fingerprint density at radius 2 is 2.17 bits per heavy atom. The van der Waals surface area contributed by atoms with Crippen molar-refractivity contribution in [1.29, 1.82) is 0 Å². The zero-order chi connectivity index (χ0) is 17.4. The minimum Gasteiger partial charge on any atom is -0.331 e. The van der Waals surface area contributed by atoms with E-state index >= 15 is 0 Å². The first-order valence-electron chi connectivity index (χ1n) is 7.92. The average Bonchev–Trinajstić information content (AvgIpc) is 2.88. The van der Waals surface area contributed by atoms with Gasteiger partial charge >= 0.3 is 6.03 Å². The summed E-state index contributed by atoms with van der Waals surface area (Å²) in [6.45, 7) is 8.45. The third-order valence-electron chi connectivity index (χ3n) is 4.37. The van der Waals surface area contributed by atoms with E-state index in [1.54, 1.807) is 28.0 Å². The molecular weight excluding hydrogens is 326 g/mol. The molecule has 1 aromatic rings. The van der Waals surface area contributed by atoms with Crippen molar-refractivity contribution >= 4 is 23.5 Å². The van der Waals surface area contributed by atoms with Gasteiger partial charge in [-0.2, -0.15) is 0 Å². The smallest absolute Gasteiger partial charge is 0.322 e. The van der Waals surface area contributed by atoms with Crippen LogP contribution in [0.4, 0.5) is 4.79 Å². The maximum absolute atomic E-state index is 12.9. The number of nitrogens with one attached hydrogen (secondary N) is 1. The highest BCUT2D eigenvalue weighted by atomic mass is 35.5. The molecule has 0 aliphatic carbocycles. The van der Waals surface area contributed by atoms with Crippen LogP contribution in [0.25, 0.3) is 0 Å². The van der Waals surface area contributed by atoms with Gasteiger partial charge in [0.25, 0.3) is 5.91 Å². The topological polar surface area (TPSA) is 52.7 Å². The third-order valence-corrected chi connectivity index (χ3v) is 4.60. The third kappa shape index (κ3) is 2.69. The summed E-state index contributed by atoms with van der Waals surface area (Å²) in [6, 6.07) is 6.59. The minimum absolute atomic E-state index is 0.0426. The lowest BCUT2D eigenvalue weighted by Crippen LogP contribution is -2.47. The van der Waals surface area contributed by atoms with Crippen molar-refractivity contribution in [2.45, 2.75) is 25.9 Å². The maximum Gasteiger partial charge on any atom is 0.322 e. The van der Waals surface area contributed by atoms with Crippen molar-refractivity contribution in [2.24, 2.45) is 0 Å². The van der Waals surface area contributed by atoms with Crippen LogP contribution in [0.15, 0.2) is 48.2 Å². The van der Waals surface area contributed by atoms with Crippen LogP contribution in [-0.4, -0.2) is 40.9 Å². The molecule has 1 atom stereocenters. The fraction of sp³-hybridized carbons (Fsp3) is 0.333. The number of hydrogen-bond acceptors (Lipinski definition) is 2. The maximum atomic E-state index is 12.9. The minimum atomic E-state index is -0.483. The quantitative estimate of drug-likeness (QED) is 0.852. The molecule has 126 valence electrons.